The average Bonchev–Trinajstić information content (AvgIpc) is 2.83. The smallest absolute Gasteiger partial charge is 0.0845 e. The highest BCUT2D eigenvalue weighted by atomic mass is 16.6. The normalized spacial score (nSPS) is 39.4. The fourth-order valence-corrected chi connectivity index (χ4v) is 1.87. The van der Waals surface area contributed by atoms with Gasteiger partial charge in [-0.3, -0.25) is 0 Å². The van der Waals surface area contributed by atoms with E-state index in [2.05, 4.69) is 24.3 Å². The first kappa shape index (κ1) is 9.01. The fourth-order valence-electron chi connectivity index (χ4n) is 1.87. The minimum atomic E-state index is 0.581. The molecule has 0 radical (unpaired) electrons. The molecule has 0 saturated carbocycles. The molecule has 0 aromatic heterocycles. The van der Waals surface area contributed by atoms with E-state index in [9.17, 15) is 0 Å². The summed E-state index contributed by atoms with van der Waals surface area (Å²) in [7, 11) is 0. The second kappa shape index (κ2) is 4.61. The summed E-state index contributed by atoms with van der Waals surface area (Å²) >= 11 is 0. The number of rotatable bonds is 0. The zero-order valence-corrected chi connectivity index (χ0v) is 8.11. The second-order valence-corrected chi connectivity index (χ2v) is 3.89. The average molecular weight is 178 g/mol. The largest absolute Gasteiger partial charge is 0.370 e. The highest BCUT2D eigenvalue weighted by Gasteiger charge is 2.36. The molecule has 1 nitrogen and oxygen atoms in total. The maximum atomic E-state index is 5.56. The van der Waals surface area contributed by atoms with Gasteiger partial charge in [0.05, 0.1) is 12.2 Å². The maximum absolute atomic E-state index is 5.56. The van der Waals surface area contributed by atoms with Crippen LogP contribution in [0.3, 0.4) is 0 Å². The Morgan fingerprint density at radius 3 is 1.69 bits per heavy atom. The summed E-state index contributed by atoms with van der Waals surface area (Å²) in [5.74, 6) is 0. The highest BCUT2D eigenvalue weighted by Crippen LogP contribution is 2.30. The summed E-state index contributed by atoms with van der Waals surface area (Å²) in [4.78, 5) is 0. The van der Waals surface area contributed by atoms with Gasteiger partial charge in [-0.05, 0) is 38.5 Å². The van der Waals surface area contributed by atoms with Crippen molar-refractivity contribution in [2.45, 2.75) is 50.7 Å². The summed E-state index contributed by atoms with van der Waals surface area (Å²) in [5, 5.41) is 0. The summed E-state index contributed by atoms with van der Waals surface area (Å²) in [5.41, 5.74) is 0. The van der Waals surface area contributed by atoms with Crippen LogP contribution in [0.4, 0.5) is 0 Å². The van der Waals surface area contributed by atoms with E-state index in [4.69, 9.17) is 4.74 Å². The predicted molar refractivity (Wildman–Crippen MR) is 54.6 cm³/mol. The molecule has 0 aromatic carbocycles. The molecular weight excluding hydrogens is 160 g/mol. The fraction of sp³-hybridized carbons (Fsp3) is 0.667. The summed E-state index contributed by atoms with van der Waals surface area (Å²) in [6.45, 7) is 0. The Balaban J connectivity index is 1.80. The van der Waals surface area contributed by atoms with Crippen LogP contribution in [-0.2, 0) is 4.74 Å². The minimum absolute atomic E-state index is 0.581. The number of ether oxygens (including phenoxy) is 1. The Hall–Kier alpha value is -0.560. The Labute approximate surface area is 80.5 Å². The van der Waals surface area contributed by atoms with Gasteiger partial charge in [-0.2, -0.15) is 0 Å². The molecule has 1 fully saturated rings. The minimum Gasteiger partial charge on any atom is -0.370 e. The molecule has 13 heavy (non-hydrogen) atoms. The third-order valence-corrected chi connectivity index (χ3v) is 2.76. The summed E-state index contributed by atoms with van der Waals surface area (Å²) < 4.78 is 5.56. The van der Waals surface area contributed by atoms with Crippen LogP contribution in [0.5, 0.6) is 0 Å². The van der Waals surface area contributed by atoms with E-state index in [0.717, 1.165) is 0 Å². The van der Waals surface area contributed by atoms with Gasteiger partial charge in [0.25, 0.3) is 0 Å². The first-order valence-electron chi connectivity index (χ1n) is 5.42. The summed E-state index contributed by atoms with van der Waals surface area (Å²) in [6, 6.07) is 0. The molecule has 0 amide bonds. The molecule has 0 bridgehead atoms. The molecule has 0 aromatic rings. The molecule has 2 aliphatic rings. The Bertz CT molecular complexity index is 183. The van der Waals surface area contributed by atoms with Crippen LogP contribution in [-0.4, -0.2) is 12.2 Å². The Kier molecular flexibility index (Phi) is 3.20. The zero-order chi connectivity index (χ0) is 8.93. The van der Waals surface area contributed by atoms with Gasteiger partial charge in [-0.1, -0.05) is 24.3 Å². The standard InChI is InChI=1S/C12H18O/c1-2-4-6-8-10-12-11(13-12)9-7-5-3-1/h3-6,11-12H,1-2,7-10H2/b5-3-,6-4+/t11-,12+/m0/s1. The highest BCUT2D eigenvalue weighted by molar-refractivity contribution is 4.94. The molecule has 72 valence electrons. The van der Waals surface area contributed by atoms with E-state index < -0.39 is 0 Å². The van der Waals surface area contributed by atoms with E-state index in [1.807, 2.05) is 0 Å². The van der Waals surface area contributed by atoms with Crippen LogP contribution in [0.2, 0.25) is 0 Å². The van der Waals surface area contributed by atoms with Crippen LogP contribution in [0.1, 0.15) is 38.5 Å². The molecular formula is C12H18O. The number of hydrogen-bond acceptors (Lipinski definition) is 1. The second-order valence-electron chi connectivity index (χ2n) is 3.89. The lowest BCUT2D eigenvalue weighted by Gasteiger charge is -1.94. The van der Waals surface area contributed by atoms with Crippen molar-refractivity contribution in [2.24, 2.45) is 0 Å². The van der Waals surface area contributed by atoms with Gasteiger partial charge < -0.3 is 4.74 Å². The number of epoxide rings is 1. The van der Waals surface area contributed by atoms with E-state index in [1.165, 1.54) is 38.5 Å². The van der Waals surface area contributed by atoms with Gasteiger partial charge in [0.15, 0.2) is 0 Å². The van der Waals surface area contributed by atoms with Crippen molar-refractivity contribution in [3.8, 4) is 0 Å². The predicted octanol–water partition coefficient (Wildman–Crippen LogP) is 3.22. The third-order valence-electron chi connectivity index (χ3n) is 2.76. The molecule has 0 spiro atoms. The third kappa shape index (κ3) is 3.00. The first-order valence-corrected chi connectivity index (χ1v) is 5.42. The molecule has 1 heteroatoms. The van der Waals surface area contributed by atoms with Crippen molar-refractivity contribution in [3.63, 3.8) is 0 Å². The molecule has 0 N–H and O–H groups in total. The molecule has 2 atom stereocenters. The van der Waals surface area contributed by atoms with Crippen molar-refractivity contribution < 1.29 is 4.74 Å². The monoisotopic (exact) mass is 178 g/mol. The SMILES string of the molecule is C1=C\CC[C@@H]2O[C@@H]2CC/C=C/CC/1. The molecule has 0 unspecified atom stereocenters. The number of fused-ring (bicyclic) bond motifs is 1. The topological polar surface area (TPSA) is 12.5 Å². The van der Waals surface area contributed by atoms with Crippen LogP contribution >= 0.6 is 0 Å². The molecule has 2 rings (SSSR count). The van der Waals surface area contributed by atoms with Crippen molar-refractivity contribution in [1.29, 1.82) is 0 Å². The van der Waals surface area contributed by atoms with Crippen LogP contribution in [0.15, 0.2) is 24.3 Å². The quantitative estimate of drug-likeness (QED) is 0.410. The van der Waals surface area contributed by atoms with E-state index >= 15 is 0 Å². The van der Waals surface area contributed by atoms with E-state index in [0.29, 0.717) is 12.2 Å². The Morgan fingerprint density at radius 1 is 0.692 bits per heavy atom. The van der Waals surface area contributed by atoms with E-state index in [-0.39, 0.29) is 0 Å². The molecule has 1 heterocycles. The van der Waals surface area contributed by atoms with E-state index in [1.54, 1.807) is 0 Å². The van der Waals surface area contributed by atoms with Gasteiger partial charge in [0.2, 0.25) is 0 Å². The molecule has 1 aliphatic heterocycles. The van der Waals surface area contributed by atoms with Crippen LogP contribution in [0.25, 0.3) is 0 Å². The lowest BCUT2D eigenvalue weighted by atomic mass is 10.1. The van der Waals surface area contributed by atoms with Crippen molar-refractivity contribution in [3.05, 3.63) is 24.3 Å². The number of hydrogen-bond donors (Lipinski definition) is 0. The molecule has 1 aliphatic carbocycles. The first-order chi connectivity index (χ1) is 6.47. The van der Waals surface area contributed by atoms with Crippen LogP contribution < -0.4 is 0 Å². The van der Waals surface area contributed by atoms with Crippen molar-refractivity contribution >= 4 is 0 Å². The van der Waals surface area contributed by atoms with Gasteiger partial charge in [-0.15, -0.1) is 0 Å². The van der Waals surface area contributed by atoms with Crippen molar-refractivity contribution in [2.75, 3.05) is 0 Å². The zero-order valence-electron chi connectivity index (χ0n) is 8.11. The van der Waals surface area contributed by atoms with Gasteiger partial charge in [0.1, 0.15) is 0 Å². The summed E-state index contributed by atoms with van der Waals surface area (Å²) in [6.07, 6.45) is 17.6. The van der Waals surface area contributed by atoms with Crippen LogP contribution in [0, 0.1) is 0 Å². The lowest BCUT2D eigenvalue weighted by molar-refractivity contribution is 0.357. The van der Waals surface area contributed by atoms with Gasteiger partial charge in [0, 0.05) is 0 Å². The number of allylic oxidation sites excluding steroid dienone is 4. The Morgan fingerprint density at radius 2 is 1.15 bits per heavy atom. The molecule has 1 saturated heterocycles. The lowest BCUT2D eigenvalue weighted by Crippen LogP contribution is -1.93. The maximum Gasteiger partial charge on any atom is 0.0845 e. The van der Waals surface area contributed by atoms with Gasteiger partial charge >= 0.3 is 0 Å². The van der Waals surface area contributed by atoms with Gasteiger partial charge in [-0.25, -0.2) is 0 Å². The van der Waals surface area contributed by atoms with Crippen molar-refractivity contribution in [1.82, 2.24) is 0 Å².